The van der Waals surface area contributed by atoms with Gasteiger partial charge in [-0.05, 0) is 83.5 Å². The van der Waals surface area contributed by atoms with Gasteiger partial charge in [0.2, 0.25) is 0 Å². The van der Waals surface area contributed by atoms with Gasteiger partial charge >= 0.3 is 5.97 Å². The van der Waals surface area contributed by atoms with Crippen LogP contribution in [-0.2, 0) is 9.53 Å². The monoisotopic (exact) mass is 353 g/mol. The number of benzene rings is 1. The normalized spacial score (nSPS) is 23.2. The fourth-order valence-electron chi connectivity index (χ4n) is 3.19. The summed E-state index contributed by atoms with van der Waals surface area (Å²) in [6.45, 7) is 10.7. The van der Waals surface area contributed by atoms with Gasteiger partial charge in [-0.3, -0.25) is 4.79 Å². The summed E-state index contributed by atoms with van der Waals surface area (Å²) in [6.07, 6.45) is 0.919. The lowest BCUT2D eigenvalue weighted by molar-refractivity contribution is -0.163. The SMILES string of the molecule is CC(C)(C)OC(=O)[C@H]1C(CCSc2ccc(F)cc2)CNC1(C)C. The lowest BCUT2D eigenvalue weighted by Crippen LogP contribution is -2.44. The third-order valence-electron chi connectivity index (χ3n) is 4.30. The van der Waals surface area contributed by atoms with E-state index in [0.717, 1.165) is 23.6 Å². The zero-order valence-corrected chi connectivity index (χ0v) is 16.0. The molecular formula is C19H28FNO2S. The van der Waals surface area contributed by atoms with Gasteiger partial charge < -0.3 is 10.1 Å². The number of halogens is 1. The average molecular weight is 354 g/mol. The zero-order chi connectivity index (χ0) is 18.0. The Balaban J connectivity index is 1.95. The molecule has 5 heteroatoms. The highest BCUT2D eigenvalue weighted by molar-refractivity contribution is 7.99. The molecule has 0 bridgehead atoms. The van der Waals surface area contributed by atoms with E-state index in [2.05, 4.69) is 19.2 Å². The molecule has 2 atom stereocenters. The summed E-state index contributed by atoms with van der Waals surface area (Å²) in [5.74, 6) is 0.668. The van der Waals surface area contributed by atoms with E-state index in [1.54, 1.807) is 23.9 Å². The van der Waals surface area contributed by atoms with Crippen molar-refractivity contribution in [1.29, 1.82) is 0 Å². The van der Waals surface area contributed by atoms with Crippen LogP contribution in [0.1, 0.15) is 41.0 Å². The second-order valence-electron chi connectivity index (χ2n) is 7.96. The largest absolute Gasteiger partial charge is 0.460 e. The maximum atomic E-state index is 12.9. The molecule has 3 nitrogen and oxygen atoms in total. The van der Waals surface area contributed by atoms with Crippen LogP contribution in [0.15, 0.2) is 29.2 Å². The van der Waals surface area contributed by atoms with Crippen LogP contribution in [0.4, 0.5) is 4.39 Å². The Morgan fingerprint density at radius 1 is 1.33 bits per heavy atom. The highest BCUT2D eigenvalue weighted by Gasteiger charge is 2.47. The molecule has 0 amide bonds. The Hall–Kier alpha value is -1.07. The van der Waals surface area contributed by atoms with E-state index in [-0.39, 0.29) is 29.2 Å². The number of rotatable bonds is 5. The van der Waals surface area contributed by atoms with E-state index in [1.165, 1.54) is 12.1 Å². The molecule has 1 N–H and O–H groups in total. The third-order valence-corrected chi connectivity index (χ3v) is 5.35. The van der Waals surface area contributed by atoms with Crippen LogP contribution < -0.4 is 5.32 Å². The molecule has 1 fully saturated rings. The fourth-order valence-corrected chi connectivity index (χ4v) is 4.18. The molecule has 1 aliphatic rings. The molecule has 1 heterocycles. The van der Waals surface area contributed by atoms with Crippen molar-refractivity contribution in [2.45, 2.75) is 57.1 Å². The minimum absolute atomic E-state index is 0.116. The van der Waals surface area contributed by atoms with Crippen molar-refractivity contribution in [3.8, 4) is 0 Å². The minimum Gasteiger partial charge on any atom is -0.460 e. The Morgan fingerprint density at radius 2 is 1.96 bits per heavy atom. The molecule has 24 heavy (non-hydrogen) atoms. The summed E-state index contributed by atoms with van der Waals surface area (Å²) in [7, 11) is 0. The van der Waals surface area contributed by atoms with Crippen LogP contribution in [0.3, 0.4) is 0 Å². The number of carbonyl (C=O) groups is 1. The number of esters is 1. The van der Waals surface area contributed by atoms with Crippen LogP contribution in [0.2, 0.25) is 0 Å². The van der Waals surface area contributed by atoms with Gasteiger partial charge in [-0.15, -0.1) is 11.8 Å². The number of carbonyl (C=O) groups excluding carboxylic acids is 1. The lowest BCUT2D eigenvalue weighted by atomic mass is 9.81. The number of nitrogens with one attached hydrogen (secondary N) is 1. The standard InChI is InChI=1S/C19H28FNO2S/c1-18(2,3)23-17(22)16-13(12-21-19(16,4)5)10-11-24-15-8-6-14(20)7-9-15/h6-9,13,16,21H,10-12H2,1-5H3/t13?,16-/m1/s1. The van der Waals surface area contributed by atoms with Crippen LogP contribution in [-0.4, -0.2) is 29.4 Å². The first-order chi connectivity index (χ1) is 11.1. The average Bonchev–Trinajstić information content (AvgIpc) is 2.74. The van der Waals surface area contributed by atoms with Gasteiger partial charge in [0, 0.05) is 10.4 Å². The molecule has 0 aliphatic carbocycles. The molecule has 1 unspecified atom stereocenters. The van der Waals surface area contributed by atoms with Crippen molar-refractivity contribution in [3.63, 3.8) is 0 Å². The van der Waals surface area contributed by atoms with Crippen LogP contribution >= 0.6 is 11.8 Å². The van der Waals surface area contributed by atoms with Crippen molar-refractivity contribution in [1.82, 2.24) is 5.32 Å². The Bertz CT molecular complexity index is 566. The molecule has 0 saturated carbocycles. The predicted molar refractivity (Wildman–Crippen MR) is 96.6 cm³/mol. The molecule has 1 saturated heterocycles. The maximum absolute atomic E-state index is 12.9. The second kappa shape index (κ2) is 7.44. The van der Waals surface area contributed by atoms with Crippen LogP contribution in [0, 0.1) is 17.7 Å². The van der Waals surface area contributed by atoms with Gasteiger partial charge in [-0.25, -0.2) is 4.39 Å². The maximum Gasteiger partial charge on any atom is 0.311 e. The van der Waals surface area contributed by atoms with Gasteiger partial charge in [0.25, 0.3) is 0 Å². The van der Waals surface area contributed by atoms with E-state index in [9.17, 15) is 9.18 Å². The van der Waals surface area contributed by atoms with Crippen LogP contribution in [0.5, 0.6) is 0 Å². The number of hydrogen-bond donors (Lipinski definition) is 1. The quantitative estimate of drug-likeness (QED) is 0.634. The lowest BCUT2D eigenvalue weighted by Gasteiger charge is -2.31. The molecular weight excluding hydrogens is 325 g/mol. The summed E-state index contributed by atoms with van der Waals surface area (Å²) in [5.41, 5.74) is -0.725. The highest BCUT2D eigenvalue weighted by Crippen LogP contribution is 2.36. The van der Waals surface area contributed by atoms with Crippen molar-refractivity contribution >= 4 is 17.7 Å². The number of hydrogen-bond acceptors (Lipinski definition) is 4. The second-order valence-corrected chi connectivity index (χ2v) is 9.13. The van der Waals surface area contributed by atoms with E-state index in [0.29, 0.717) is 0 Å². The van der Waals surface area contributed by atoms with E-state index >= 15 is 0 Å². The number of ether oxygens (including phenoxy) is 1. The Labute approximate surface area is 148 Å². The molecule has 134 valence electrons. The summed E-state index contributed by atoms with van der Waals surface area (Å²) in [6, 6.07) is 6.54. The van der Waals surface area contributed by atoms with Crippen molar-refractivity contribution < 1.29 is 13.9 Å². The van der Waals surface area contributed by atoms with Gasteiger partial charge in [0.15, 0.2) is 0 Å². The summed E-state index contributed by atoms with van der Waals surface area (Å²) >= 11 is 1.70. The van der Waals surface area contributed by atoms with Gasteiger partial charge in [-0.1, -0.05) is 0 Å². The van der Waals surface area contributed by atoms with Crippen molar-refractivity contribution in [3.05, 3.63) is 30.1 Å². The summed E-state index contributed by atoms with van der Waals surface area (Å²) in [4.78, 5) is 13.7. The zero-order valence-electron chi connectivity index (χ0n) is 15.2. The fraction of sp³-hybridized carbons (Fsp3) is 0.632. The van der Waals surface area contributed by atoms with E-state index in [1.807, 2.05) is 20.8 Å². The van der Waals surface area contributed by atoms with Gasteiger partial charge in [0.1, 0.15) is 11.4 Å². The third kappa shape index (κ3) is 5.21. The molecule has 1 aromatic carbocycles. The Morgan fingerprint density at radius 3 is 2.54 bits per heavy atom. The van der Waals surface area contributed by atoms with Crippen molar-refractivity contribution in [2.24, 2.45) is 11.8 Å². The molecule has 2 rings (SSSR count). The molecule has 1 aromatic rings. The molecule has 1 aliphatic heterocycles. The van der Waals surface area contributed by atoms with Crippen molar-refractivity contribution in [2.75, 3.05) is 12.3 Å². The predicted octanol–water partition coefficient (Wildman–Crippen LogP) is 4.26. The molecule has 0 aromatic heterocycles. The first-order valence-corrected chi connectivity index (χ1v) is 9.43. The molecule has 0 radical (unpaired) electrons. The Kier molecular flexibility index (Phi) is 5.97. The first kappa shape index (κ1) is 19.3. The number of thioether (sulfide) groups is 1. The van der Waals surface area contributed by atoms with E-state index in [4.69, 9.17) is 4.74 Å². The minimum atomic E-state index is -0.469. The highest BCUT2D eigenvalue weighted by atomic mass is 32.2. The summed E-state index contributed by atoms with van der Waals surface area (Å²) in [5, 5.41) is 3.46. The molecule has 0 spiro atoms. The first-order valence-electron chi connectivity index (χ1n) is 8.45. The van der Waals surface area contributed by atoms with Gasteiger partial charge in [-0.2, -0.15) is 0 Å². The topological polar surface area (TPSA) is 38.3 Å². The van der Waals surface area contributed by atoms with Crippen LogP contribution in [0.25, 0.3) is 0 Å². The van der Waals surface area contributed by atoms with E-state index < -0.39 is 5.60 Å². The van der Waals surface area contributed by atoms with Gasteiger partial charge in [0.05, 0.1) is 5.92 Å². The summed E-state index contributed by atoms with van der Waals surface area (Å²) < 4.78 is 18.6. The smallest absolute Gasteiger partial charge is 0.311 e.